The van der Waals surface area contributed by atoms with Gasteiger partial charge in [-0.1, -0.05) is 73.1 Å². The maximum atomic E-state index is 2.42. The van der Waals surface area contributed by atoms with Crippen LogP contribution in [0.15, 0.2) is 0 Å². The van der Waals surface area contributed by atoms with Gasteiger partial charge in [-0.2, -0.15) is 0 Å². The van der Waals surface area contributed by atoms with Gasteiger partial charge in [-0.3, -0.25) is 0 Å². The van der Waals surface area contributed by atoms with Crippen molar-refractivity contribution in [3.05, 3.63) is 0 Å². The van der Waals surface area contributed by atoms with Gasteiger partial charge in [-0.15, -0.1) is 0 Å². The molecule has 0 N–H and O–H groups in total. The Balaban J connectivity index is 0.000000509. The lowest BCUT2D eigenvalue weighted by Gasteiger charge is -2.30. The third-order valence-corrected chi connectivity index (χ3v) is 4.13. The van der Waals surface area contributed by atoms with E-state index in [0.29, 0.717) is 0 Å². The highest BCUT2D eigenvalue weighted by Crippen LogP contribution is 2.40. The Morgan fingerprint density at radius 2 is 0.938 bits per heavy atom. The number of hydrogen-bond donors (Lipinski definition) is 0. The SMILES string of the molecule is CC.CC.CC1CCC(C2CCCC2)CC1. The molecule has 0 aromatic heterocycles. The van der Waals surface area contributed by atoms with Crippen LogP contribution in [-0.4, -0.2) is 0 Å². The van der Waals surface area contributed by atoms with Crippen LogP contribution in [0.25, 0.3) is 0 Å². The van der Waals surface area contributed by atoms with Crippen LogP contribution in [0.4, 0.5) is 0 Å². The quantitative estimate of drug-likeness (QED) is 0.510. The lowest BCUT2D eigenvalue weighted by atomic mass is 9.76. The normalized spacial score (nSPS) is 29.8. The first-order valence-electron chi connectivity index (χ1n) is 7.86. The van der Waals surface area contributed by atoms with Crippen LogP contribution in [0, 0.1) is 17.8 Å². The zero-order chi connectivity index (χ0) is 12.4. The van der Waals surface area contributed by atoms with Crippen LogP contribution < -0.4 is 0 Å². The van der Waals surface area contributed by atoms with Gasteiger partial charge in [0.25, 0.3) is 0 Å². The van der Waals surface area contributed by atoms with Crippen molar-refractivity contribution >= 4 is 0 Å². The smallest absolute Gasteiger partial charge is 0.0386 e. The first-order valence-corrected chi connectivity index (χ1v) is 7.86. The van der Waals surface area contributed by atoms with Crippen molar-refractivity contribution in [2.24, 2.45) is 17.8 Å². The van der Waals surface area contributed by atoms with Gasteiger partial charge in [0.1, 0.15) is 0 Å². The average Bonchev–Trinajstić information content (AvgIpc) is 2.89. The average molecular weight is 226 g/mol. The monoisotopic (exact) mass is 226 g/mol. The summed E-state index contributed by atoms with van der Waals surface area (Å²) in [6.45, 7) is 10.4. The molecule has 16 heavy (non-hydrogen) atoms. The second-order valence-corrected chi connectivity index (χ2v) is 5.06. The maximum absolute atomic E-state index is 2.42. The summed E-state index contributed by atoms with van der Waals surface area (Å²) in [7, 11) is 0. The topological polar surface area (TPSA) is 0 Å². The fourth-order valence-electron chi connectivity index (χ4n) is 3.19. The molecule has 2 fully saturated rings. The number of rotatable bonds is 1. The molecule has 0 amide bonds. The molecule has 0 aromatic carbocycles. The first-order chi connectivity index (χ1) is 7.86. The minimum atomic E-state index is 1.03. The molecular weight excluding hydrogens is 192 g/mol. The van der Waals surface area contributed by atoms with Gasteiger partial charge in [0.2, 0.25) is 0 Å². The van der Waals surface area contributed by atoms with Crippen LogP contribution in [-0.2, 0) is 0 Å². The Kier molecular flexibility index (Phi) is 10.2. The fraction of sp³-hybridized carbons (Fsp3) is 1.00. The zero-order valence-corrected chi connectivity index (χ0v) is 12.4. The third kappa shape index (κ3) is 5.37. The van der Waals surface area contributed by atoms with E-state index in [4.69, 9.17) is 0 Å². The van der Waals surface area contributed by atoms with E-state index in [9.17, 15) is 0 Å². The van der Waals surface area contributed by atoms with E-state index in [0.717, 1.165) is 17.8 Å². The molecule has 0 spiro atoms. The van der Waals surface area contributed by atoms with Crippen molar-refractivity contribution in [2.45, 2.75) is 86.0 Å². The first kappa shape index (κ1) is 16.0. The second-order valence-electron chi connectivity index (χ2n) is 5.06. The third-order valence-electron chi connectivity index (χ3n) is 4.13. The Hall–Kier alpha value is 0. The van der Waals surface area contributed by atoms with Gasteiger partial charge >= 0.3 is 0 Å². The highest BCUT2D eigenvalue weighted by molar-refractivity contribution is 4.79. The van der Waals surface area contributed by atoms with Crippen molar-refractivity contribution < 1.29 is 0 Å². The molecule has 2 aliphatic carbocycles. The molecule has 0 unspecified atom stereocenters. The summed E-state index contributed by atoms with van der Waals surface area (Å²) in [6, 6.07) is 0. The summed E-state index contributed by atoms with van der Waals surface area (Å²) < 4.78 is 0. The zero-order valence-electron chi connectivity index (χ0n) is 12.4. The predicted octanol–water partition coefficient (Wildman–Crippen LogP) is 6.06. The number of hydrogen-bond acceptors (Lipinski definition) is 0. The van der Waals surface area contributed by atoms with E-state index >= 15 is 0 Å². The molecule has 0 aliphatic heterocycles. The van der Waals surface area contributed by atoms with Crippen LogP contribution in [0.5, 0.6) is 0 Å². The van der Waals surface area contributed by atoms with Crippen molar-refractivity contribution in [3.8, 4) is 0 Å². The molecule has 0 atom stereocenters. The summed E-state index contributed by atoms with van der Waals surface area (Å²) in [5.74, 6) is 3.30. The summed E-state index contributed by atoms with van der Waals surface area (Å²) in [6.07, 6.45) is 12.3. The maximum Gasteiger partial charge on any atom is -0.0386 e. The molecule has 0 radical (unpaired) electrons. The van der Waals surface area contributed by atoms with Gasteiger partial charge in [-0.25, -0.2) is 0 Å². The molecule has 2 aliphatic rings. The minimum absolute atomic E-state index is 1.03. The van der Waals surface area contributed by atoms with Gasteiger partial charge in [-0.05, 0) is 30.6 Å². The van der Waals surface area contributed by atoms with Gasteiger partial charge in [0.15, 0.2) is 0 Å². The minimum Gasteiger partial charge on any atom is -0.0683 e. The van der Waals surface area contributed by atoms with E-state index in [1.165, 1.54) is 25.7 Å². The lowest BCUT2D eigenvalue weighted by molar-refractivity contribution is 0.215. The van der Waals surface area contributed by atoms with Crippen LogP contribution in [0.1, 0.15) is 86.0 Å². The van der Waals surface area contributed by atoms with E-state index in [2.05, 4.69) is 6.92 Å². The van der Waals surface area contributed by atoms with E-state index in [-0.39, 0.29) is 0 Å². The molecule has 0 heteroatoms. The van der Waals surface area contributed by atoms with Gasteiger partial charge in [0, 0.05) is 0 Å². The highest BCUT2D eigenvalue weighted by atomic mass is 14.3. The highest BCUT2D eigenvalue weighted by Gasteiger charge is 2.27. The molecule has 0 saturated heterocycles. The molecule has 0 nitrogen and oxygen atoms in total. The summed E-state index contributed by atoms with van der Waals surface area (Å²) >= 11 is 0. The summed E-state index contributed by atoms with van der Waals surface area (Å²) in [5.41, 5.74) is 0. The van der Waals surface area contributed by atoms with Gasteiger partial charge < -0.3 is 0 Å². The van der Waals surface area contributed by atoms with E-state index in [1.54, 1.807) is 25.7 Å². The van der Waals surface area contributed by atoms with Crippen LogP contribution >= 0.6 is 0 Å². The summed E-state index contributed by atoms with van der Waals surface area (Å²) in [4.78, 5) is 0. The van der Waals surface area contributed by atoms with E-state index in [1.807, 2.05) is 27.7 Å². The van der Waals surface area contributed by atoms with Crippen molar-refractivity contribution in [2.75, 3.05) is 0 Å². The van der Waals surface area contributed by atoms with Crippen molar-refractivity contribution in [3.63, 3.8) is 0 Å². The Morgan fingerprint density at radius 1 is 0.562 bits per heavy atom. The molecule has 98 valence electrons. The Morgan fingerprint density at radius 3 is 1.38 bits per heavy atom. The standard InChI is InChI=1S/C12H22.2C2H6/c1-10-6-8-12(9-7-10)11-4-2-3-5-11;2*1-2/h10-12H,2-9H2,1H3;2*1-2H3. The summed E-state index contributed by atoms with van der Waals surface area (Å²) in [5, 5.41) is 0. The largest absolute Gasteiger partial charge is 0.0683 e. The second kappa shape index (κ2) is 10.2. The Bertz CT molecular complexity index is 125. The molecule has 2 saturated carbocycles. The molecule has 0 heterocycles. The molecule has 2 rings (SSSR count). The van der Waals surface area contributed by atoms with E-state index < -0.39 is 0 Å². The van der Waals surface area contributed by atoms with Crippen LogP contribution in [0.2, 0.25) is 0 Å². The Labute approximate surface area is 104 Å². The van der Waals surface area contributed by atoms with Crippen molar-refractivity contribution in [1.29, 1.82) is 0 Å². The molecular formula is C16H34. The fourth-order valence-corrected chi connectivity index (χ4v) is 3.19. The van der Waals surface area contributed by atoms with Crippen molar-refractivity contribution in [1.82, 2.24) is 0 Å². The molecule has 0 aromatic rings. The van der Waals surface area contributed by atoms with Crippen LogP contribution in [0.3, 0.4) is 0 Å². The molecule has 0 bridgehead atoms. The van der Waals surface area contributed by atoms with Gasteiger partial charge in [0.05, 0.1) is 0 Å². The lowest BCUT2D eigenvalue weighted by Crippen LogP contribution is -2.18. The predicted molar refractivity (Wildman–Crippen MR) is 75.8 cm³/mol.